The number of H-pyrrole nitrogens is 1. The van der Waals surface area contributed by atoms with E-state index < -0.39 is 11.2 Å². The number of rotatable bonds is 4. The summed E-state index contributed by atoms with van der Waals surface area (Å²) in [7, 11) is 3.85. The van der Waals surface area contributed by atoms with Gasteiger partial charge in [-0.15, -0.1) is 0 Å². The first-order valence-corrected chi connectivity index (χ1v) is 10.5. The maximum atomic E-state index is 12.3. The zero-order valence-corrected chi connectivity index (χ0v) is 18.5. The largest absolute Gasteiger partial charge is 0.501 e. The van der Waals surface area contributed by atoms with E-state index >= 15 is 0 Å². The molecule has 0 bridgehead atoms. The number of aryl methyl sites for hydroxylation is 1. The molecule has 0 amide bonds. The smallest absolute Gasteiger partial charge is 0.227 e. The number of anilines is 1. The molecule has 3 heterocycles. The molecule has 5 rings (SSSR count). The van der Waals surface area contributed by atoms with E-state index in [0.717, 1.165) is 27.8 Å². The number of benzene rings is 2. The second-order valence-corrected chi connectivity index (χ2v) is 8.02. The summed E-state index contributed by atoms with van der Waals surface area (Å²) >= 11 is 0. The Morgan fingerprint density at radius 2 is 1.70 bits per heavy atom. The molecule has 164 valence electrons. The van der Waals surface area contributed by atoms with Crippen molar-refractivity contribution < 1.29 is 9.52 Å². The number of nitrogens with zero attached hydrogens (tertiary/aromatic N) is 3. The van der Waals surface area contributed by atoms with Crippen LogP contribution in [0.25, 0.3) is 45.0 Å². The van der Waals surface area contributed by atoms with Gasteiger partial charge in [-0.25, -0.2) is 9.97 Å². The van der Waals surface area contributed by atoms with E-state index in [0.29, 0.717) is 23.0 Å². The van der Waals surface area contributed by atoms with Crippen molar-refractivity contribution in [2.45, 2.75) is 6.92 Å². The maximum Gasteiger partial charge on any atom is 0.227 e. The van der Waals surface area contributed by atoms with Crippen molar-refractivity contribution in [3.05, 3.63) is 82.7 Å². The Balaban J connectivity index is 1.81. The highest BCUT2D eigenvalue weighted by molar-refractivity contribution is 5.90. The zero-order chi connectivity index (χ0) is 23.1. The number of hydrogen-bond donors (Lipinski definition) is 2. The lowest BCUT2D eigenvalue weighted by atomic mass is 10.1. The topological polar surface area (TPSA) is 95.2 Å². The van der Waals surface area contributed by atoms with Crippen molar-refractivity contribution >= 4 is 16.7 Å². The van der Waals surface area contributed by atoms with Crippen LogP contribution in [0, 0.1) is 6.92 Å². The summed E-state index contributed by atoms with van der Waals surface area (Å²) < 4.78 is 5.79. The number of fused-ring (bicyclic) bond motifs is 1. The first kappa shape index (κ1) is 20.5. The minimum Gasteiger partial charge on any atom is -0.501 e. The third kappa shape index (κ3) is 3.63. The van der Waals surface area contributed by atoms with Crippen molar-refractivity contribution in [2.24, 2.45) is 0 Å². The third-order valence-corrected chi connectivity index (χ3v) is 5.41. The minimum absolute atomic E-state index is 0.0535. The van der Waals surface area contributed by atoms with E-state index in [9.17, 15) is 9.90 Å². The van der Waals surface area contributed by atoms with Gasteiger partial charge in [0.2, 0.25) is 11.2 Å². The van der Waals surface area contributed by atoms with Gasteiger partial charge < -0.3 is 19.4 Å². The molecule has 0 saturated heterocycles. The van der Waals surface area contributed by atoms with Gasteiger partial charge in [-0.3, -0.25) is 4.79 Å². The molecule has 0 unspecified atom stereocenters. The van der Waals surface area contributed by atoms with Crippen LogP contribution in [0.15, 0.2) is 75.9 Å². The fourth-order valence-corrected chi connectivity index (χ4v) is 3.86. The number of aromatic hydroxyl groups is 1. The lowest BCUT2D eigenvalue weighted by molar-refractivity contribution is 0.429. The predicted octanol–water partition coefficient (Wildman–Crippen LogP) is 4.99. The Kier molecular flexibility index (Phi) is 4.94. The summed E-state index contributed by atoms with van der Waals surface area (Å²) in [5.41, 5.74) is 2.96. The van der Waals surface area contributed by atoms with Gasteiger partial charge >= 0.3 is 0 Å². The number of hydrogen-bond acceptors (Lipinski definition) is 6. The molecular formula is C26H22N4O3. The van der Waals surface area contributed by atoms with Crippen molar-refractivity contribution in [2.75, 3.05) is 19.0 Å². The Labute approximate surface area is 190 Å². The molecule has 2 aromatic carbocycles. The molecule has 33 heavy (non-hydrogen) atoms. The lowest BCUT2D eigenvalue weighted by Crippen LogP contribution is -2.12. The van der Waals surface area contributed by atoms with Gasteiger partial charge in [0.05, 0.1) is 11.1 Å². The first-order valence-electron chi connectivity index (χ1n) is 10.5. The summed E-state index contributed by atoms with van der Waals surface area (Å²) in [6, 6.07) is 20.7. The van der Waals surface area contributed by atoms with Crippen LogP contribution >= 0.6 is 0 Å². The number of imidazole rings is 1. The van der Waals surface area contributed by atoms with E-state index in [4.69, 9.17) is 14.4 Å². The molecular weight excluding hydrogens is 416 g/mol. The van der Waals surface area contributed by atoms with E-state index in [2.05, 4.69) is 4.98 Å². The molecule has 0 aliphatic rings. The molecule has 0 saturated carbocycles. The predicted molar refractivity (Wildman–Crippen MR) is 129 cm³/mol. The molecule has 7 heteroatoms. The second-order valence-electron chi connectivity index (χ2n) is 8.02. The lowest BCUT2D eigenvalue weighted by Gasteiger charge is -2.16. The van der Waals surface area contributed by atoms with Crippen molar-refractivity contribution in [3.8, 4) is 39.8 Å². The van der Waals surface area contributed by atoms with Crippen LogP contribution in [0.3, 0.4) is 0 Å². The van der Waals surface area contributed by atoms with Gasteiger partial charge in [0.15, 0.2) is 5.76 Å². The standard InChI is InChI=1S/C26H22N4O3/c1-15-13-20(31)23(32)24(33-15)22-21(16-9-5-4-6-10-16)28-25(29-22)18-14-17-11-7-8-12-19(17)27-26(18)30(2)3/h4-14,32H,1-3H3,(H,28,29). The van der Waals surface area contributed by atoms with Crippen LogP contribution in [0.5, 0.6) is 5.75 Å². The molecule has 0 fully saturated rings. The average molecular weight is 438 g/mol. The van der Waals surface area contributed by atoms with Crippen LogP contribution in [0.2, 0.25) is 0 Å². The van der Waals surface area contributed by atoms with Gasteiger partial charge in [0, 0.05) is 31.1 Å². The second kappa shape index (κ2) is 7.94. The number of pyridine rings is 1. The molecule has 2 N–H and O–H groups in total. The minimum atomic E-state index is -0.509. The van der Waals surface area contributed by atoms with Crippen LogP contribution in [-0.2, 0) is 0 Å². The van der Waals surface area contributed by atoms with Gasteiger partial charge in [-0.05, 0) is 19.1 Å². The molecule has 5 aromatic rings. The molecule has 7 nitrogen and oxygen atoms in total. The molecule has 0 aliphatic carbocycles. The normalized spacial score (nSPS) is 11.1. The van der Waals surface area contributed by atoms with Crippen LogP contribution in [0.4, 0.5) is 5.82 Å². The monoisotopic (exact) mass is 438 g/mol. The average Bonchev–Trinajstić information content (AvgIpc) is 3.26. The number of para-hydroxylation sites is 1. The maximum absolute atomic E-state index is 12.3. The highest BCUT2D eigenvalue weighted by atomic mass is 16.4. The van der Waals surface area contributed by atoms with E-state index in [-0.39, 0.29) is 5.76 Å². The van der Waals surface area contributed by atoms with Crippen molar-refractivity contribution in [1.29, 1.82) is 0 Å². The molecule has 0 spiro atoms. The Morgan fingerprint density at radius 3 is 2.45 bits per heavy atom. The van der Waals surface area contributed by atoms with Crippen LogP contribution < -0.4 is 10.3 Å². The number of aromatic nitrogens is 3. The van der Waals surface area contributed by atoms with Crippen molar-refractivity contribution in [1.82, 2.24) is 15.0 Å². The quantitative estimate of drug-likeness (QED) is 0.410. The van der Waals surface area contributed by atoms with E-state index in [1.54, 1.807) is 6.92 Å². The molecule has 0 aliphatic heterocycles. The zero-order valence-electron chi connectivity index (χ0n) is 18.5. The van der Waals surface area contributed by atoms with Crippen LogP contribution in [-0.4, -0.2) is 34.2 Å². The highest BCUT2D eigenvalue weighted by Crippen LogP contribution is 2.38. The fourth-order valence-electron chi connectivity index (χ4n) is 3.86. The van der Waals surface area contributed by atoms with Crippen molar-refractivity contribution in [3.63, 3.8) is 0 Å². The third-order valence-electron chi connectivity index (χ3n) is 5.41. The summed E-state index contributed by atoms with van der Waals surface area (Å²) in [5, 5.41) is 11.5. The van der Waals surface area contributed by atoms with Gasteiger partial charge in [-0.2, -0.15) is 0 Å². The number of nitrogens with one attached hydrogen (secondary N) is 1. The Bertz CT molecular complexity index is 1540. The first-order chi connectivity index (χ1) is 15.9. The summed E-state index contributed by atoms with van der Waals surface area (Å²) in [6.07, 6.45) is 0. The highest BCUT2D eigenvalue weighted by Gasteiger charge is 2.23. The van der Waals surface area contributed by atoms with Crippen LogP contribution in [0.1, 0.15) is 5.76 Å². The summed E-state index contributed by atoms with van der Waals surface area (Å²) in [4.78, 5) is 27.2. The van der Waals surface area contributed by atoms with Gasteiger partial charge in [0.25, 0.3) is 0 Å². The molecule has 0 atom stereocenters. The molecule has 3 aromatic heterocycles. The number of aromatic amines is 1. The molecule has 0 radical (unpaired) electrons. The van der Waals surface area contributed by atoms with E-state index in [1.165, 1.54) is 6.07 Å². The van der Waals surface area contributed by atoms with Gasteiger partial charge in [-0.1, -0.05) is 48.5 Å². The Hall–Kier alpha value is -4.39. The summed E-state index contributed by atoms with van der Waals surface area (Å²) in [5.74, 6) is 1.28. The fraction of sp³-hybridized carbons (Fsp3) is 0.115. The van der Waals surface area contributed by atoms with Gasteiger partial charge in [0.1, 0.15) is 28.8 Å². The Morgan fingerprint density at radius 1 is 0.970 bits per heavy atom. The summed E-state index contributed by atoms with van der Waals surface area (Å²) in [6.45, 7) is 1.67. The SMILES string of the molecule is Cc1cc(=O)c(O)c(-c2[nH]c(-c3cc4ccccc4nc3N(C)C)nc2-c2ccccc2)o1. The van der Waals surface area contributed by atoms with E-state index in [1.807, 2.05) is 79.7 Å².